The number of rotatable bonds is 3. The Hall–Kier alpha value is -1.11. The predicted molar refractivity (Wildman–Crippen MR) is 76.4 cm³/mol. The van der Waals surface area contributed by atoms with Gasteiger partial charge in [0.05, 0.1) is 15.6 Å². The lowest BCUT2D eigenvalue weighted by molar-refractivity contribution is 0.599. The first-order chi connectivity index (χ1) is 8.88. The van der Waals surface area contributed by atoms with Crippen LogP contribution in [0.2, 0.25) is 5.02 Å². The number of sulfonamides is 1. The molecule has 0 radical (unpaired) electrons. The third kappa shape index (κ3) is 3.46. The van der Waals surface area contributed by atoms with Crippen LogP contribution in [0.15, 0.2) is 51.8 Å². The zero-order valence-corrected chi connectivity index (χ0v) is 12.6. The van der Waals surface area contributed by atoms with Crippen molar-refractivity contribution >= 4 is 43.2 Å². The minimum Gasteiger partial charge on any atom is -0.278 e. The van der Waals surface area contributed by atoms with Crippen LogP contribution >= 0.6 is 27.5 Å². The van der Waals surface area contributed by atoms with Gasteiger partial charge in [0.2, 0.25) is 0 Å². The van der Waals surface area contributed by atoms with E-state index < -0.39 is 15.8 Å². The number of halogens is 3. The first kappa shape index (κ1) is 14.3. The van der Waals surface area contributed by atoms with Gasteiger partial charge in [-0.25, -0.2) is 12.8 Å². The van der Waals surface area contributed by atoms with Crippen molar-refractivity contribution in [2.45, 2.75) is 4.90 Å². The SMILES string of the molecule is O=S(=O)(Nc1cc(Br)ccc1Cl)c1ccc(F)cc1. The van der Waals surface area contributed by atoms with E-state index in [1.165, 1.54) is 12.1 Å². The Morgan fingerprint density at radius 3 is 2.37 bits per heavy atom. The van der Waals surface area contributed by atoms with Gasteiger partial charge in [0.25, 0.3) is 10.0 Å². The smallest absolute Gasteiger partial charge is 0.261 e. The summed E-state index contributed by atoms with van der Waals surface area (Å²) in [6, 6.07) is 9.33. The molecule has 1 N–H and O–H groups in total. The fourth-order valence-corrected chi connectivity index (χ4v) is 3.05. The fourth-order valence-electron chi connectivity index (χ4n) is 1.39. The summed E-state index contributed by atoms with van der Waals surface area (Å²) >= 11 is 9.13. The summed E-state index contributed by atoms with van der Waals surface area (Å²) in [6.45, 7) is 0. The molecule has 7 heteroatoms. The van der Waals surface area contributed by atoms with E-state index in [0.717, 1.165) is 12.1 Å². The Balaban J connectivity index is 2.36. The molecule has 2 rings (SSSR count). The summed E-state index contributed by atoms with van der Waals surface area (Å²) in [5.74, 6) is -0.501. The van der Waals surface area contributed by atoms with E-state index in [2.05, 4.69) is 20.7 Å². The van der Waals surface area contributed by atoms with Crippen molar-refractivity contribution in [2.24, 2.45) is 0 Å². The molecule has 0 aliphatic rings. The van der Waals surface area contributed by atoms with Crippen LogP contribution in [0.3, 0.4) is 0 Å². The van der Waals surface area contributed by atoms with E-state index >= 15 is 0 Å². The van der Waals surface area contributed by atoms with E-state index in [1.54, 1.807) is 18.2 Å². The molecule has 0 unspecified atom stereocenters. The van der Waals surface area contributed by atoms with Crippen LogP contribution in [0.25, 0.3) is 0 Å². The summed E-state index contributed by atoms with van der Waals surface area (Å²) in [7, 11) is -3.79. The van der Waals surface area contributed by atoms with Crippen molar-refractivity contribution < 1.29 is 12.8 Å². The molecule has 100 valence electrons. The lowest BCUT2D eigenvalue weighted by Crippen LogP contribution is -2.13. The second-order valence-electron chi connectivity index (χ2n) is 3.68. The van der Waals surface area contributed by atoms with E-state index in [1.807, 2.05) is 0 Å². The molecule has 0 atom stereocenters. The Labute approximate surface area is 123 Å². The molecule has 0 heterocycles. The average Bonchev–Trinajstić information content (AvgIpc) is 2.34. The van der Waals surface area contributed by atoms with Gasteiger partial charge >= 0.3 is 0 Å². The molecule has 0 aromatic heterocycles. The highest BCUT2D eigenvalue weighted by atomic mass is 79.9. The van der Waals surface area contributed by atoms with Crippen molar-refractivity contribution in [3.63, 3.8) is 0 Å². The summed E-state index contributed by atoms with van der Waals surface area (Å²) in [4.78, 5) is -0.0371. The normalized spacial score (nSPS) is 11.3. The number of anilines is 1. The van der Waals surface area contributed by atoms with Crippen LogP contribution in [0.1, 0.15) is 0 Å². The topological polar surface area (TPSA) is 46.2 Å². The molecule has 0 amide bonds. The van der Waals surface area contributed by atoms with Gasteiger partial charge in [-0.1, -0.05) is 27.5 Å². The molecule has 2 aromatic carbocycles. The minimum absolute atomic E-state index is 0.0371. The van der Waals surface area contributed by atoms with Crippen LogP contribution in [-0.2, 0) is 10.0 Å². The van der Waals surface area contributed by atoms with Gasteiger partial charge in [-0.3, -0.25) is 4.72 Å². The van der Waals surface area contributed by atoms with Gasteiger partial charge in [-0.05, 0) is 42.5 Å². The Bertz CT molecular complexity index is 704. The van der Waals surface area contributed by atoms with Crippen molar-refractivity contribution in [1.29, 1.82) is 0 Å². The molecule has 0 aliphatic heterocycles. The number of benzene rings is 2. The first-order valence-electron chi connectivity index (χ1n) is 5.12. The maximum Gasteiger partial charge on any atom is 0.261 e. The van der Waals surface area contributed by atoms with Crippen LogP contribution in [0.4, 0.5) is 10.1 Å². The second-order valence-corrected chi connectivity index (χ2v) is 6.69. The van der Waals surface area contributed by atoms with E-state index in [4.69, 9.17) is 11.6 Å². The maximum atomic E-state index is 12.8. The predicted octanol–water partition coefficient (Wildman–Crippen LogP) is 4.04. The molecule has 3 nitrogen and oxygen atoms in total. The largest absolute Gasteiger partial charge is 0.278 e. The quantitative estimate of drug-likeness (QED) is 0.893. The first-order valence-corrected chi connectivity index (χ1v) is 7.77. The molecule has 0 saturated carbocycles. The van der Waals surface area contributed by atoms with Gasteiger partial charge in [-0.2, -0.15) is 0 Å². The number of hydrogen-bond acceptors (Lipinski definition) is 2. The van der Waals surface area contributed by atoms with E-state index in [9.17, 15) is 12.8 Å². The highest BCUT2D eigenvalue weighted by molar-refractivity contribution is 9.10. The summed E-state index contributed by atoms with van der Waals surface area (Å²) in [6.07, 6.45) is 0. The zero-order chi connectivity index (χ0) is 14.0. The molecule has 2 aromatic rings. The third-order valence-corrected chi connectivity index (χ3v) is 4.50. The number of hydrogen-bond donors (Lipinski definition) is 1. The van der Waals surface area contributed by atoms with E-state index in [0.29, 0.717) is 4.47 Å². The fraction of sp³-hybridized carbons (Fsp3) is 0. The maximum absolute atomic E-state index is 12.8. The van der Waals surface area contributed by atoms with Crippen LogP contribution in [0.5, 0.6) is 0 Å². The molecular formula is C12H8BrClFNO2S. The lowest BCUT2D eigenvalue weighted by Gasteiger charge is -2.10. The molecule has 0 aliphatic carbocycles. The van der Waals surface area contributed by atoms with Gasteiger partial charge < -0.3 is 0 Å². The van der Waals surface area contributed by atoms with Crippen molar-refractivity contribution in [1.82, 2.24) is 0 Å². The highest BCUT2D eigenvalue weighted by Crippen LogP contribution is 2.27. The lowest BCUT2D eigenvalue weighted by atomic mass is 10.3. The highest BCUT2D eigenvalue weighted by Gasteiger charge is 2.15. The zero-order valence-electron chi connectivity index (χ0n) is 9.40. The van der Waals surface area contributed by atoms with Crippen LogP contribution < -0.4 is 4.72 Å². The van der Waals surface area contributed by atoms with Crippen LogP contribution in [0, 0.1) is 5.82 Å². The standard InChI is InChI=1S/C12H8BrClFNO2S/c13-8-1-6-11(14)12(7-8)16-19(17,18)10-4-2-9(15)3-5-10/h1-7,16H. The summed E-state index contributed by atoms with van der Waals surface area (Å²) < 4.78 is 40.0. The van der Waals surface area contributed by atoms with Gasteiger partial charge in [-0.15, -0.1) is 0 Å². The monoisotopic (exact) mass is 363 g/mol. The van der Waals surface area contributed by atoms with Crippen molar-refractivity contribution in [2.75, 3.05) is 4.72 Å². The molecule has 0 spiro atoms. The Morgan fingerprint density at radius 2 is 1.74 bits per heavy atom. The number of nitrogens with one attached hydrogen (secondary N) is 1. The molecule has 0 bridgehead atoms. The third-order valence-electron chi connectivity index (χ3n) is 2.30. The summed E-state index contributed by atoms with van der Waals surface area (Å²) in [5.41, 5.74) is 0.250. The Morgan fingerprint density at radius 1 is 1.11 bits per heavy atom. The van der Waals surface area contributed by atoms with Gasteiger partial charge in [0.15, 0.2) is 0 Å². The minimum atomic E-state index is -3.79. The molecule has 19 heavy (non-hydrogen) atoms. The van der Waals surface area contributed by atoms with Gasteiger partial charge in [0, 0.05) is 4.47 Å². The van der Waals surface area contributed by atoms with Gasteiger partial charge in [0.1, 0.15) is 5.82 Å². The van der Waals surface area contributed by atoms with Crippen molar-refractivity contribution in [3.8, 4) is 0 Å². The van der Waals surface area contributed by atoms with E-state index in [-0.39, 0.29) is 15.6 Å². The molecule has 0 saturated heterocycles. The molecule has 0 fully saturated rings. The Kier molecular flexibility index (Phi) is 4.13. The second kappa shape index (κ2) is 5.48. The van der Waals surface area contributed by atoms with Crippen molar-refractivity contribution in [3.05, 3.63) is 57.8 Å². The molecular weight excluding hydrogens is 357 g/mol. The average molecular weight is 365 g/mol. The summed E-state index contributed by atoms with van der Waals surface area (Å²) in [5, 5.41) is 0.272. The van der Waals surface area contributed by atoms with Crippen LogP contribution in [-0.4, -0.2) is 8.42 Å².